The van der Waals surface area contributed by atoms with Gasteiger partial charge in [-0.05, 0) is 25.0 Å². The van der Waals surface area contributed by atoms with Gasteiger partial charge in [0.1, 0.15) is 11.9 Å². The topological polar surface area (TPSA) is 60.7 Å². The summed E-state index contributed by atoms with van der Waals surface area (Å²) in [5.74, 6) is 0.688. The number of pyridine rings is 1. The quantitative estimate of drug-likeness (QED) is 0.629. The number of hydrogen-bond acceptors (Lipinski definition) is 4. The maximum absolute atomic E-state index is 8.96. The van der Waals surface area contributed by atoms with Crippen LogP contribution in [0.2, 0.25) is 0 Å². The molecule has 102 valence electrons. The molecule has 2 N–H and O–H groups in total. The molecule has 1 saturated carbocycles. The van der Waals surface area contributed by atoms with Gasteiger partial charge in [0, 0.05) is 25.3 Å². The van der Waals surface area contributed by atoms with Gasteiger partial charge in [-0.15, -0.1) is 0 Å². The first-order valence-electron chi connectivity index (χ1n) is 7.22. The minimum absolute atomic E-state index is 0.608. The molecule has 1 aliphatic carbocycles. The van der Waals surface area contributed by atoms with Gasteiger partial charge in [0.15, 0.2) is 0 Å². The number of hydrogen-bond donors (Lipinski definition) is 2. The van der Waals surface area contributed by atoms with E-state index in [1.807, 2.05) is 0 Å². The van der Waals surface area contributed by atoms with E-state index in [-0.39, 0.29) is 0 Å². The van der Waals surface area contributed by atoms with Crippen LogP contribution in [0.3, 0.4) is 0 Å². The average molecular weight is 258 g/mol. The van der Waals surface area contributed by atoms with Crippen molar-refractivity contribution in [1.29, 1.82) is 5.26 Å². The second kappa shape index (κ2) is 7.75. The molecule has 1 aromatic heterocycles. The van der Waals surface area contributed by atoms with E-state index in [2.05, 4.69) is 21.7 Å². The Balaban J connectivity index is 1.70. The maximum Gasteiger partial charge on any atom is 0.143 e. The first kappa shape index (κ1) is 13.8. The van der Waals surface area contributed by atoms with Crippen LogP contribution in [-0.2, 0) is 0 Å². The number of nitriles is 1. The molecule has 0 aliphatic heterocycles. The summed E-state index contributed by atoms with van der Waals surface area (Å²) >= 11 is 0. The SMILES string of the molecule is N#Cc1cccnc1NCCNC1CCCCCC1. The minimum Gasteiger partial charge on any atom is -0.368 e. The van der Waals surface area contributed by atoms with Crippen molar-refractivity contribution < 1.29 is 0 Å². The standard InChI is InChI=1S/C15H22N4/c16-12-13-6-5-9-18-15(13)19-11-10-17-14-7-3-1-2-4-8-14/h5-6,9,14,17H,1-4,7-8,10-11H2,(H,18,19). The highest BCUT2D eigenvalue weighted by Gasteiger charge is 2.10. The summed E-state index contributed by atoms with van der Waals surface area (Å²) < 4.78 is 0. The minimum atomic E-state index is 0.608. The lowest BCUT2D eigenvalue weighted by atomic mass is 10.1. The number of rotatable bonds is 5. The molecule has 0 amide bonds. The lowest BCUT2D eigenvalue weighted by molar-refractivity contribution is 0.468. The van der Waals surface area contributed by atoms with Crippen LogP contribution in [0, 0.1) is 11.3 Å². The fraction of sp³-hybridized carbons (Fsp3) is 0.600. The molecule has 1 fully saturated rings. The van der Waals surface area contributed by atoms with E-state index < -0.39 is 0 Å². The molecule has 0 saturated heterocycles. The predicted molar refractivity (Wildman–Crippen MR) is 76.9 cm³/mol. The van der Waals surface area contributed by atoms with Crippen LogP contribution >= 0.6 is 0 Å². The van der Waals surface area contributed by atoms with Gasteiger partial charge in [-0.3, -0.25) is 0 Å². The number of anilines is 1. The lowest BCUT2D eigenvalue weighted by Gasteiger charge is -2.16. The molecule has 0 spiro atoms. The third-order valence-corrected chi connectivity index (χ3v) is 3.63. The van der Waals surface area contributed by atoms with Crippen molar-refractivity contribution in [3.8, 4) is 6.07 Å². The molecule has 0 aromatic carbocycles. The monoisotopic (exact) mass is 258 g/mol. The van der Waals surface area contributed by atoms with Crippen molar-refractivity contribution in [2.75, 3.05) is 18.4 Å². The summed E-state index contributed by atoms with van der Waals surface area (Å²) in [7, 11) is 0. The van der Waals surface area contributed by atoms with E-state index in [0.29, 0.717) is 17.4 Å². The van der Waals surface area contributed by atoms with E-state index >= 15 is 0 Å². The van der Waals surface area contributed by atoms with E-state index in [1.165, 1.54) is 38.5 Å². The molecular formula is C15H22N4. The zero-order valence-electron chi connectivity index (χ0n) is 11.4. The Kier molecular flexibility index (Phi) is 5.64. The van der Waals surface area contributed by atoms with Gasteiger partial charge in [-0.25, -0.2) is 4.98 Å². The number of aromatic nitrogens is 1. The number of nitrogens with zero attached hydrogens (tertiary/aromatic N) is 2. The van der Waals surface area contributed by atoms with Gasteiger partial charge in [-0.2, -0.15) is 5.26 Å². The third-order valence-electron chi connectivity index (χ3n) is 3.63. The predicted octanol–water partition coefficient (Wildman–Crippen LogP) is 2.68. The summed E-state index contributed by atoms with van der Waals surface area (Å²) in [4.78, 5) is 4.19. The molecule has 2 rings (SSSR count). The van der Waals surface area contributed by atoms with Crippen molar-refractivity contribution in [2.24, 2.45) is 0 Å². The van der Waals surface area contributed by atoms with Crippen molar-refractivity contribution >= 4 is 5.82 Å². The fourth-order valence-corrected chi connectivity index (χ4v) is 2.58. The first-order chi connectivity index (χ1) is 9.40. The third kappa shape index (κ3) is 4.53. The van der Waals surface area contributed by atoms with Crippen LogP contribution in [0.4, 0.5) is 5.82 Å². The van der Waals surface area contributed by atoms with Crippen molar-refractivity contribution in [3.05, 3.63) is 23.9 Å². The Labute approximate surface area is 115 Å². The Morgan fingerprint density at radius 3 is 2.74 bits per heavy atom. The van der Waals surface area contributed by atoms with Crippen molar-refractivity contribution in [3.63, 3.8) is 0 Å². The molecule has 4 nitrogen and oxygen atoms in total. The second-order valence-electron chi connectivity index (χ2n) is 5.08. The highest BCUT2D eigenvalue weighted by atomic mass is 15.0. The zero-order chi connectivity index (χ0) is 13.3. The highest BCUT2D eigenvalue weighted by molar-refractivity contribution is 5.51. The van der Waals surface area contributed by atoms with E-state index in [1.54, 1.807) is 18.3 Å². The van der Waals surface area contributed by atoms with Gasteiger partial charge in [0.25, 0.3) is 0 Å². The molecule has 1 aliphatic rings. The largest absolute Gasteiger partial charge is 0.368 e. The average Bonchev–Trinajstić information content (AvgIpc) is 2.72. The van der Waals surface area contributed by atoms with Gasteiger partial charge in [-0.1, -0.05) is 25.7 Å². The van der Waals surface area contributed by atoms with E-state index in [9.17, 15) is 0 Å². The normalized spacial score (nSPS) is 16.6. The van der Waals surface area contributed by atoms with Crippen LogP contribution < -0.4 is 10.6 Å². The summed E-state index contributed by atoms with van der Waals surface area (Å²) in [6.45, 7) is 1.73. The van der Waals surface area contributed by atoms with Gasteiger partial charge >= 0.3 is 0 Å². The Hall–Kier alpha value is -1.60. The molecule has 4 heteroatoms. The Morgan fingerprint density at radius 1 is 1.21 bits per heavy atom. The lowest BCUT2D eigenvalue weighted by Crippen LogP contribution is -2.32. The van der Waals surface area contributed by atoms with Crippen LogP contribution in [0.1, 0.15) is 44.1 Å². The zero-order valence-corrected chi connectivity index (χ0v) is 11.4. The molecule has 1 heterocycles. The molecule has 0 radical (unpaired) electrons. The smallest absolute Gasteiger partial charge is 0.143 e. The fourth-order valence-electron chi connectivity index (χ4n) is 2.58. The van der Waals surface area contributed by atoms with Crippen molar-refractivity contribution in [1.82, 2.24) is 10.3 Å². The summed E-state index contributed by atoms with van der Waals surface area (Å²) in [5.41, 5.74) is 0.608. The summed E-state index contributed by atoms with van der Waals surface area (Å²) in [6.07, 6.45) is 9.78. The van der Waals surface area contributed by atoms with Crippen LogP contribution in [0.5, 0.6) is 0 Å². The van der Waals surface area contributed by atoms with Gasteiger partial charge < -0.3 is 10.6 Å². The van der Waals surface area contributed by atoms with Crippen LogP contribution in [-0.4, -0.2) is 24.1 Å². The van der Waals surface area contributed by atoms with Crippen LogP contribution in [0.25, 0.3) is 0 Å². The Bertz CT molecular complexity index is 416. The van der Waals surface area contributed by atoms with Gasteiger partial charge in [0.2, 0.25) is 0 Å². The first-order valence-corrected chi connectivity index (χ1v) is 7.22. The maximum atomic E-state index is 8.96. The molecule has 0 bridgehead atoms. The summed E-state index contributed by atoms with van der Waals surface area (Å²) in [6, 6.07) is 6.39. The van der Waals surface area contributed by atoms with E-state index in [0.717, 1.165) is 13.1 Å². The highest BCUT2D eigenvalue weighted by Crippen LogP contribution is 2.17. The summed E-state index contributed by atoms with van der Waals surface area (Å²) in [5, 5.41) is 15.8. The second-order valence-corrected chi connectivity index (χ2v) is 5.08. The molecule has 19 heavy (non-hydrogen) atoms. The van der Waals surface area contributed by atoms with Gasteiger partial charge in [0.05, 0.1) is 5.56 Å². The molecule has 0 atom stereocenters. The number of nitrogens with one attached hydrogen (secondary N) is 2. The molecule has 1 aromatic rings. The van der Waals surface area contributed by atoms with E-state index in [4.69, 9.17) is 5.26 Å². The van der Waals surface area contributed by atoms with Crippen molar-refractivity contribution in [2.45, 2.75) is 44.6 Å². The molecular weight excluding hydrogens is 236 g/mol. The molecule has 0 unspecified atom stereocenters. The van der Waals surface area contributed by atoms with Crippen LogP contribution in [0.15, 0.2) is 18.3 Å². The Morgan fingerprint density at radius 2 is 2.00 bits per heavy atom.